The largest absolute Gasteiger partial charge is 0.336 e. The number of aromatic nitrogens is 3. The molecule has 2 aromatic heterocycles. The SMILES string of the molecule is CCC(Cn1ccnc1)NCc1c(Cl)cncc1Cl. The van der Waals surface area contributed by atoms with Gasteiger partial charge in [-0.15, -0.1) is 0 Å². The summed E-state index contributed by atoms with van der Waals surface area (Å²) in [6.07, 6.45) is 9.79. The molecule has 102 valence electrons. The molecule has 0 spiro atoms. The van der Waals surface area contributed by atoms with E-state index in [2.05, 4.69) is 26.8 Å². The first kappa shape index (κ1) is 14.3. The molecular weight excluding hydrogens is 283 g/mol. The van der Waals surface area contributed by atoms with E-state index >= 15 is 0 Å². The van der Waals surface area contributed by atoms with Gasteiger partial charge < -0.3 is 9.88 Å². The number of pyridine rings is 1. The van der Waals surface area contributed by atoms with Gasteiger partial charge >= 0.3 is 0 Å². The zero-order chi connectivity index (χ0) is 13.7. The van der Waals surface area contributed by atoms with E-state index in [1.807, 2.05) is 12.5 Å². The molecule has 1 unspecified atom stereocenters. The topological polar surface area (TPSA) is 42.7 Å². The second kappa shape index (κ2) is 6.89. The summed E-state index contributed by atoms with van der Waals surface area (Å²) in [4.78, 5) is 7.99. The van der Waals surface area contributed by atoms with E-state index in [0.717, 1.165) is 18.5 Å². The van der Waals surface area contributed by atoms with Crippen molar-refractivity contribution in [3.63, 3.8) is 0 Å². The van der Waals surface area contributed by atoms with Crippen LogP contribution in [0.5, 0.6) is 0 Å². The van der Waals surface area contributed by atoms with Gasteiger partial charge in [0.2, 0.25) is 0 Å². The molecule has 0 fully saturated rings. The third-order valence-electron chi connectivity index (χ3n) is 3.00. The van der Waals surface area contributed by atoms with E-state index in [0.29, 0.717) is 22.6 Å². The van der Waals surface area contributed by atoms with Crippen LogP contribution in [0.1, 0.15) is 18.9 Å². The van der Waals surface area contributed by atoms with Crippen molar-refractivity contribution < 1.29 is 0 Å². The average Bonchev–Trinajstić information content (AvgIpc) is 2.89. The van der Waals surface area contributed by atoms with Crippen molar-refractivity contribution in [1.29, 1.82) is 0 Å². The maximum absolute atomic E-state index is 6.10. The molecule has 0 aliphatic carbocycles. The minimum absolute atomic E-state index is 0.342. The van der Waals surface area contributed by atoms with Gasteiger partial charge in [-0.3, -0.25) is 4.98 Å². The number of imidazole rings is 1. The van der Waals surface area contributed by atoms with Crippen LogP contribution in [0, 0.1) is 0 Å². The Kier molecular flexibility index (Phi) is 5.19. The number of halogens is 2. The molecule has 2 rings (SSSR count). The van der Waals surface area contributed by atoms with E-state index in [-0.39, 0.29) is 0 Å². The molecule has 0 saturated heterocycles. The Balaban J connectivity index is 1.96. The zero-order valence-corrected chi connectivity index (χ0v) is 12.2. The summed E-state index contributed by atoms with van der Waals surface area (Å²) in [5, 5.41) is 4.65. The predicted molar refractivity (Wildman–Crippen MR) is 77.4 cm³/mol. The fraction of sp³-hybridized carbons (Fsp3) is 0.385. The Bertz CT molecular complexity index is 493. The van der Waals surface area contributed by atoms with E-state index in [1.54, 1.807) is 18.6 Å². The van der Waals surface area contributed by atoms with E-state index < -0.39 is 0 Å². The molecular formula is C13H16Cl2N4. The first-order valence-electron chi connectivity index (χ1n) is 6.17. The van der Waals surface area contributed by atoms with E-state index in [4.69, 9.17) is 23.2 Å². The number of nitrogens with zero attached hydrogens (tertiary/aromatic N) is 3. The van der Waals surface area contributed by atoms with Crippen LogP contribution in [0.3, 0.4) is 0 Å². The van der Waals surface area contributed by atoms with Crippen LogP contribution < -0.4 is 5.32 Å². The Labute approximate surface area is 122 Å². The third kappa shape index (κ3) is 3.93. The lowest BCUT2D eigenvalue weighted by Crippen LogP contribution is -2.32. The number of hydrogen-bond donors (Lipinski definition) is 1. The quantitative estimate of drug-likeness (QED) is 0.891. The van der Waals surface area contributed by atoms with Crippen LogP contribution in [0.2, 0.25) is 10.0 Å². The maximum atomic E-state index is 6.10. The zero-order valence-electron chi connectivity index (χ0n) is 10.7. The highest BCUT2D eigenvalue weighted by atomic mass is 35.5. The van der Waals surface area contributed by atoms with Crippen LogP contribution in [0.15, 0.2) is 31.1 Å². The van der Waals surface area contributed by atoms with Gasteiger partial charge in [0.1, 0.15) is 0 Å². The van der Waals surface area contributed by atoms with Crippen LogP contribution in [-0.4, -0.2) is 20.6 Å². The van der Waals surface area contributed by atoms with Crippen molar-refractivity contribution in [2.75, 3.05) is 0 Å². The first-order chi connectivity index (χ1) is 9.20. The normalized spacial score (nSPS) is 12.6. The second-order valence-electron chi connectivity index (χ2n) is 4.33. The Morgan fingerprint density at radius 3 is 2.58 bits per heavy atom. The summed E-state index contributed by atoms with van der Waals surface area (Å²) in [5.74, 6) is 0. The molecule has 0 aliphatic rings. The molecule has 0 bridgehead atoms. The second-order valence-corrected chi connectivity index (χ2v) is 5.14. The van der Waals surface area contributed by atoms with E-state index in [1.165, 1.54) is 0 Å². The molecule has 2 heterocycles. The Morgan fingerprint density at radius 2 is 2.00 bits per heavy atom. The van der Waals surface area contributed by atoms with E-state index in [9.17, 15) is 0 Å². The molecule has 6 heteroatoms. The van der Waals surface area contributed by atoms with Gasteiger partial charge in [-0.2, -0.15) is 0 Å². The molecule has 0 aromatic carbocycles. The lowest BCUT2D eigenvalue weighted by Gasteiger charge is -2.18. The van der Waals surface area contributed by atoms with Gasteiger partial charge in [0, 0.05) is 49.5 Å². The minimum Gasteiger partial charge on any atom is -0.336 e. The monoisotopic (exact) mass is 298 g/mol. The summed E-state index contributed by atoms with van der Waals surface area (Å²) in [6, 6.07) is 0.342. The number of nitrogens with one attached hydrogen (secondary N) is 1. The van der Waals surface area contributed by atoms with Crippen LogP contribution in [0.4, 0.5) is 0 Å². The Morgan fingerprint density at radius 1 is 1.26 bits per heavy atom. The molecule has 19 heavy (non-hydrogen) atoms. The van der Waals surface area contributed by atoms with Crippen molar-refractivity contribution in [2.45, 2.75) is 32.5 Å². The van der Waals surface area contributed by atoms with Crippen LogP contribution >= 0.6 is 23.2 Å². The molecule has 4 nitrogen and oxygen atoms in total. The summed E-state index contributed by atoms with van der Waals surface area (Å²) >= 11 is 12.2. The molecule has 0 amide bonds. The molecule has 0 radical (unpaired) electrons. The van der Waals surface area contributed by atoms with Crippen molar-refractivity contribution in [2.24, 2.45) is 0 Å². The van der Waals surface area contributed by atoms with Crippen molar-refractivity contribution >= 4 is 23.2 Å². The molecule has 0 aliphatic heterocycles. The number of hydrogen-bond acceptors (Lipinski definition) is 3. The summed E-state index contributed by atoms with van der Waals surface area (Å²) < 4.78 is 2.05. The van der Waals surface area contributed by atoms with Crippen molar-refractivity contribution in [1.82, 2.24) is 19.9 Å². The minimum atomic E-state index is 0.342. The van der Waals surface area contributed by atoms with Gasteiger partial charge in [0.25, 0.3) is 0 Å². The van der Waals surface area contributed by atoms with Gasteiger partial charge in [-0.25, -0.2) is 4.98 Å². The van der Waals surface area contributed by atoms with Gasteiger partial charge in [-0.05, 0) is 6.42 Å². The summed E-state index contributed by atoms with van der Waals surface area (Å²) in [7, 11) is 0. The van der Waals surface area contributed by atoms with Gasteiger partial charge in [0.15, 0.2) is 0 Å². The van der Waals surface area contributed by atoms with Crippen LogP contribution in [-0.2, 0) is 13.1 Å². The molecule has 1 atom stereocenters. The average molecular weight is 299 g/mol. The lowest BCUT2D eigenvalue weighted by molar-refractivity contribution is 0.435. The summed E-state index contributed by atoms with van der Waals surface area (Å²) in [5.41, 5.74) is 0.891. The highest BCUT2D eigenvalue weighted by Gasteiger charge is 2.10. The highest BCUT2D eigenvalue weighted by Crippen LogP contribution is 2.22. The summed E-state index contributed by atoms with van der Waals surface area (Å²) in [6.45, 7) is 3.65. The Hall–Kier alpha value is -1.10. The lowest BCUT2D eigenvalue weighted by atomic mass is 10.2. The highest BCUT2D eigenvalue weighted by molar-refractivity contribution is 6.35. The standard InChI is InChI=1S/C13H16Cl2N4/c1-2-10(8-19-4-3-16-9-19)18-5-11-12(14)6-17-7-13(11)15/h3-4,6-7,9-10,18H,2,5,8H2,1H3. The van der Waals surface area contributed by atoms with Gasteiger partial charge in [-0.1, -0.05) is 30.1 Å². The number of rotatable bonds is 6. The smallest absolute Gasteiger partial charge is 0.0946 e. The van der Waals surface area contributed by atoms with Gasteiger partial charge in [0.05, 0.1) is 16.4 Å². The van der Waals surface area contributed by atoms with Crippen LogP contribution in [0.25, 0.3) is 0 Å². The van der Waals surface area contributed by atoms with Crippen molar-refractivity contribution in [3.05, 3.63) is 46.7 Å². The molecule has 0 saturated carbocycles. The fourth-order valence-electron chi connectivity index (χ4n) is 1.84. The molecule has 2 aromatic rings. The fourth-order valence-corrected chi connectivity index (χ4v) is 2.34. The third-order valence-corrected chi connectivity index (χ3v) is 3.65. The maximum Gasteiger partial charge on any atom is 0.0946 e. The first-order valence-corrected chi connectivity index (χ1v) is 6.93. The predicted octanol–water partition coefficient (Wildman–Crippen LogP) is 3.15. The molecule has 1 N–H and O–H groups in total. The van der Waals surface area contributed by atoms with Crippen molar-refractivity contribution in [3.8, 4) is 0 Å².